The van der Waals surface area contributed by atoms with Gasteiger partial charge in [0.25, 0.3) is 0 Å². The second kappa shape index (κ2) is 8.80. The molecule has 7 heteroatoms. The number of halogens is 1. The average molecular weight is 351 g/mol. The molecule has 1 aromatic rings. The van der Waals surface area contributed by atoms with Gasteiger partial charge in [-0.05, 0) is 31.5 Å². The summed E-state index contributed by atoms with van der Waals surface area (Å²) >= 11 is 0. The molecule has 138 valence electrons. The van der Waals surface area contributed by atoms with Crippen molar-refractivity contribution in [2.45, 2.75) is 19.9 Å². The van der Waals surface area contributed by atoms with E-state index in [0.717, 1.165) is 5.56 Å². The van der Waals surface area contributed by atoms with Gasteiger partial charge in [0.15, 0.2) is 0 Å². The van der Waals surface area contributed by atoms with E-state index in [1.807, 2.05) is 18.7 Å². The SMILES string of the molecule is CCN(C(=O)CN1CCN(C(=O)OC)CC1)[C@@H](C)c1ccc(F)cc1. The molecule has 0 aromatic heterocycles. The first kappa shape index (κ1) is 19.2. The first-order valence-electron chi connectivity index (χ1n) is 8.56. The van der Waals surface area contributed by atoms with Crippen molar-refractivity contribution < 1.29 is 18.7 Å². The largest absolute Gasteiger partial charge is 0.453 e. The minimum Gasteiger partial charge on any atom is -0.453 e. The highest BCUT2D eigenvalue weighted by molar-refractivity contribution is 5.78. The molecule has 6 nitrogen and oxygen atoms in total. The molecule has 1 atom stereocenters. The molecule has 1 heterocycles. The zero-order chi connectivity index (χ0) is 18.4. The van der Waals surface area contributed by atoms with Gasteiger partial charge in [-0.2, -0.15) is 0 Å². The van der Waals surface area contributed by atoms with E-state index in [1.165, 1.54) is 19.2 Å². The van der Waals surface area contributed by atoms with Crippen molar-refractivity contribution in [2.75, 3.05) is 46.4 Å². The number of methoxy groups -OCH3 is 1. The van der Waals surface area contributed by atoms with Crippen LogP contribution in [0.25, 0.3) is 0 Å². The van der Waals surface area contributed by atoms with E-state index in [-0.39, 0.29) is 23.9 Å². The highest BCUT2D eigenvalue weighted by Gasteiger charge is 2.26. The number of carbonyl (C=O) groups excluding carboxylic acids is 2. The molecule has 1 aliphatic heterocycles. The summed E-state index contributed by atoms with van der Waals surface area (Å²) in [4.78, 5) is 29.7. The first-order chi connectivity index (χ1) is 12.0. The number of carbonyl (C=O) groups is 2. The lowest BCUT2D eigenvalue weighted by atomic mass is 10.1. The Morgan fingerprint density at radius 2 is 1.80 bits per heavy atom. The van der Waals surface area contributed by atoms with E-state index in [9.17, 15) is 14.0 Å². The highest BCUT2D eigenvalue weighted by atomic mass is 19.1. The smallest absolute Gasteiger partial charge is 0.409 e. The molecular weight excluding hydrogens is 325 g/mol. The monoisotopic (exact) mass is 351 g/mol. The third kappa shape index (κ3) is 4.92. The quantitative estimate of drug-likeness (QED) is 0.815. The van der Waals surface area contributed by atoms with Crippen molar-refractivity contribution in [3.05, 3.63) is 35.6 Å². The van der Waals surface area contributed by atoms with Gasteiger partial charge in [0.1, 0.15) is 5.82 Å². The highest BCUT2D eigenvalue weighted by Crippen LogP contribution is 2.20. The normalized spacial score (nSPS) is 16.4. The fraction of sp³-hybridized carbons (Fsp3) is 0.556. The Morgan fingerprint density at radius 1 is 1.20 bits per heavy atom. The molecule has 0 spiro atoms. The summed E-state index contributed by atoms with van der Waals surface area (Å²) in [6.07, 6.45) is -0.328. The van der Waals surface area contributed by atoms with Gasteiger partial charge in [-0.25, -0.2) is 9.18 Å². The van der Waals surface area contributed by atoms with Crippen LogP contribution in [0, 0.1) is 5.82 Å². The van der Waals surface area contributed by atoms with Crippen LogP contribution in [0.1, 0.15) is 25.5 Å². The second-order valence-electron chi connectivity index (χ2n) is 6.14. The molecule has 1 fully saturated rings. The molecule has 0 N–H and O–H groups in total. The topological polar surface area (TPSA) is 53.1 Å². The Morgan fingerprint density at radius 3 is 2.32 bits per heavy atom. The zero-order valence-corrected chi connectivity index (χ0v) is 15.1. The van der Waals surface area contributed by atoms with Crippen LogP contribution in [0.3, 0.4) is 0 Å². The van der Waals surface area contributed by atoms with Gasteiger partial charge in [0.05, 0.1) is 19.7 Å². The number of piperazine rings is 1. The molecule has 0 unspecified atom stereocenters. The predicted octanol–water partition coefficient (Wildman–Crippen LogP) is 2.12. The number of benzene rings is 1. The van der Waals surface area contributed by atoms with Gasteiger partial charge in [0.2, 0.25) is 5.91 Å². The summed E-state index contributed by atoms with van der Waals surface area (Å²) < 4.78 is 17.8. The maximum absolute atomic E-state index is 13.1. The fourth-order valence-corrected chi connectivity index (χ4v) is 3.09. The van der Waals surface area contributed by atoms with Gasteiger partial charge in [-0.3, -0.25) is 9.69 Å². The minimum atomic E-state index is -0.328. The standard InChI is InChI=1S/C18H26FN3O3/c1-4-22(14(2)15-5-7-16(19)8-6-15)17(23)13-20-9-11-21(12-10-20)18(24)25-3/h5-8,14H,4,9-13H2,1-3H3/t14-/m0/s1. The maximum atomic E-state index is 13.1. The van der Waals surface area contributed by atoms with E-state index in [4.69, 9.17) is 4.74 Å². The van der Waals surface area contributed by atoms with Crippen LogP contribution in [0.15, 0.2) is 24.3 Å². The lowest BCUT2D eigenvalue weighted by Crippen LogP contribution is -2.51. The van der Waals surface area contributed by atoms with Crippen LogP contribution in [-0.2, 0) is 9.53 Å². The summed E-state index contributed by atoms with van der Waals surface area (Å²) in [5, 5.41) is 0. The molecule has 1 aromatic carbocycles. The van der Waals surface area contributed by atoms with Crippen molar-refractivity contribution >= 4 is 12.0 Å². The van der Waals surface area contributed by atoms with Crippen molar-refractivity contribution in [3.63, 3.8) is 0 Å². The van der Waals surface area contributed by atoms with Gasteiger partial charge >= 0.3 is 6.09 Å². The molecular formula is C18H26FN3O3. The summed E-state index contributed by atoms with van der Waals surface area (Å²) in [7, 11) is 1.37. The minimum absolute atomic E-state index is 0.0332. The van der Waals surface area contributed by atoms with E-state index in [0.29, 0.717) is 39.3 Å². The molecule has 1 saturated heterocycles. The summed E-state index contributed by atoms with van der Waals surface area (Å²) in [5.41, 5.74) is 0.909. The number of amides is 2. The number of hydrogen-bond donors (Lipinski definition) is 0. The van der Waals surface area contributed by atoms with Crippen LogP contribution in [0.5, 0.6) is 0 Å². The fourth-order valence-electron chi connectivity index (χ4n) is 3.09. The summed E-state index contributed by atoms with van der Waals surface area (Å²) in [6.45, 7) is 7.18. The third-order valence-electron chi connectivity index (χ3n) is 4.64. The van der Waals surface area contributed by atoms with E-state index in [2.05, 4.69) is 0 Å². The molecule has 0 radical (unpaired) electrons. The number of ether oxygens (including phenoxy) is 1. The Hall–Kier alpha value is -2.15. The number of likely N-dealkylation sites (N-methyl/N-ethyl adjacent to an activating group) is 1. The first-order valence-corrected chi connectivity index (χ1v) is 8.56. The molecule has 1 aliphatic rings. The second-order valence-corrected chi connectivity index (χ2v) is 6.14. The van der Waals surface area contributed by atoms with E-state index in [1.54, 1.807) is 21.9 Å². The molecule has 0 aliphatic carbocycles. The lowest BCUT2D eigenvalue weighted by molar-refractivity contribution is -0.134. The van der Waals surface area contributed by atoms with Gasteiger partial charge in [-0.15, -0.1) is 0 Å². The number of rotatable bonds is 5. The van der Waals surface area contributed by atoms with Crippen LogP contribution in [0.4, 0.5) is 9.18 Å². The van der Waals surface area contributed by atoms with Crippen molar-refractivity contribution in [1.29, 1.82) is 0 Å². The van der Waals surface area contributed by atoms with Crippen LogP contribution < -0.4 is 0 Å². The molecule has 0 saturated carbocycles. The lowest BCUT2D eigenvalue weighted by Gasteiger charge is -2.35. The molecule has 0 bridgehead atoms. The van der Waals surface area contributed by atoms with Crippen LogP contribution in [0.2, 0.25) is 0 Å². The Balaban J connectivity index is 1.92. The summed E-state index contributed by atoms with van der Waals surface area (Å²) in [5.74, 6) is -0.250. The molecule has 2 rings (SSSR count). The summed E-state index contributed by atoms with van der Waals surface area (Å²) in [6, 6.07) is 6.14. The third-order valence-corrected chi connectivity index (χ3v) is 4.64. The molecule has 25 heavy (non-hydrogen) atoms. The zero-order valence-electron chi connectivity index (χ0n) is 15.1. The van der Waals surface area contributed by atoms with Gasteiger partial charge in [0, 0.05) is 32.7 Å². The Kier molecular flexibility index (Phi) is 6.75. The maximum Gasteiger partial charge on any atom is 0.409 e. The number of nitrogens with zero attached hydrogens (tertiary/aromatic N) is 3. The Bertz CT molecular complexity index is 586. The van der Waals surface area contributed by atoms with Crippen molar-refractivity contribution in [2.24, 2.45) is 0 Å². The van der Waals surface area contributed by atoms with Crippen LogP contribution in [-0.4, -0.2) is 73.1 Å². The number of hydrogen-bond acceptors (Lipinski definition) is 4. The van der Waals surface area contributed by atoms with Gasteiger partial charge in [-0.1, -0.05) is 12.1 Å². The average Bonchev–Trinajstić information content (AvgIpc) is 2.62. The predicted molar refractivity (Wildman–Crippen MR) is 92.6 cm³/mol. The van der Waals surface area contributed by atoms with Gasteiger partial charge < -0.3 is 14.5 Å². The Labute approximate surface area is 148 Å². The molecule has 2 amide bonds. The van der Waals surface area contributed by atoms with E-state index >= 15 is 0 Å². The van der Waals surface area contributed by atoms with Crippen molar-refractivity contribution in [3.8, 4) is 0 Å². The van der Waals surface area contributed by atoms with Crippen LogP contribution >= 0.6 is 0 Å². The van der Waals surface area contributed by atoms with E-state index < -0.39 is 0 Å². The van der Waals surface area contributed by atoms with Crippen molar-refractivity contribution in [1.82, 2.24) is 14.7 Å².